The van der Waals surface area contributed by atoms with E-state index in [9.17, 15) is 4.79 Å². The van der Waals surface area contributed by atoms with Crippen molar-refractivity contribution in [3.05, 3.63) is 0 Å². The van der Waals surface area contributed by atoms with Crippen LogP contribution in [0.5, 0.6) is 0 Å². The second kappa shape index (κ2) is 5.21. The van der Waals surface area contributed by atoms with Gasteiger partial charge >= 0.3 is 5.97 Å². The van der Waals surface area contributed by atoms with Crippen LogP contribution in [-0.2, 0) is 9.53 Å². The van der Waals surface area contributed by atoms with Gasteiger partial charge in [0.05, 0.1) is 6.42 Å². The Hall–Kier alpha value is -0.970. The average molecular weight is 208 g/mol. The molecule has 1 aliphatic rings. The third kappa shape index (κ3) is 3.58. The molecule has 1 heterocycles. The Morgan fingerprint density at radius 2 is 2.20 bits per heavy atom. The van der Waals surface area contributed by atoms with Crippen molar-refractivity contribution in [2.75, 3.05) is 0 Å². The molecular formula is C13H20O2. The summed E-state index contributed by atoms with van der Waals surface area (Å²) in [5.41, 5.74) is -0.323. The summed E-state index contributed by atoms with van der Waals surface area (Å²) >= 11 is 0. The minimum Gasteiger partial charge on any atom is -0.459 e. The van der Waals surface area contributed by atoms with E-state index in [0.717, 1.165) is 19.3 Å². The topological polar surface area (TPSA) is 26.3 Å². The van der Waals surface area contributed by atoms with Gasteiger partial charge < -0.3 is 4.74 Å². The van der Waals surface area contributed by atoms with E-state index in [-0.39, 0.29) is 17.5 Å². The van der Waals surface area contributed by atoms with Crippen LogP contribution in [0.15, 0.2) is 0 Å². The highest BCUT2D eigenvalue weighted by Gasteiger charge is 2.40. The molecule has 1 saturated heterocycles. The first kappa shape index (κ1) is 12.1. The Morgan fingerprint density at radius 3 is 2.73 bits per heavy atom. The van der Waals surface area contributed by atoms with Crippen molar-refractivity contribution in [2.45, 2.75) is 58.5 Å². The number of rotatable bonds is 3. The molecule has 0 spiro atoms. The zero-order valence-corrected chi connectivity index (χ0v) is 9.93. The van der Waals surface area contributed by atoms with Gasteiger partial charge in [-0.2, -0.15) is 0 Å². The zero-order valence-electron chi connectivity index (χ0n) is 9.93. The van der Waals surface area contributed by atoms with Crippen molar-refractivity contribution in [3.63, 3.8) is 0 Å². The second-order valence-corrected chi connectivity index (χ2v) is 4.64. The number of carbonyl (C=O) groups is 1. The van der Waals surface area contributed by atoms with Crippen LogP contribution in [0.3, 0.4) is 0 Å². The summed E-state index contributed by atoms with van der Waals surface area (Å²) in [4.78, 5) is 11.1. The van der Waals surface area contributed by atoms with Gasteiger partial charge in [0.2, 0.25) is 0 Å². The smallest absolute Gasteiger partial charge is 0.306 e. The second-order valence-electron chi connectivity index (χ2n) is 4.64. The third-order valence-electron chi connectivity index (χ3n) is 2.90. The normalized spacial score (nSPS) is 23.1. The molecule has 0 radical (unpaired) electrons. The molecule has 0 bridgehead atoms. The number of hydrogen-bond acceptors (Lipinski definition) is 2. The first-order valence-corrected chi connectivity index (χ1v) is 5.74. The number of cyclic esters (lactones) is 1. The molecule has 15 heavy (non-hydrogen) atoms. The summed E-state index contributed by atoms with van der Waals surface area (Å²) in [5.74, 6) is 6.49. The summed E-state index contributed by atoms with van der Waals surface area (Å²) in [6.07, 6.45) is 4.62. The van der Waals surface area contributed by atoms with E-state index in [1.54, 1.807) is 0 Å². The zero-order chi connectivity index (χ0) is 11.3. The fourth-order valence-electron chi connectivity index (χ4n) is 1.73. The molecule has 1 unspecified atom stereocenters. The Balaban J connectivity index is 2.37. The maximum atomic E-state index is 11.1. The van der Waals surface area contributed by atoms with Gasteiger partial charge in [0.25, 0.3) is 0 Å². The van der Waals surface area contributed by atoms with Gasteiger partial charge in [-0.3, -0.25) is 4.79 Å². The molecule has 0 saturated carbocycles. The summed E-state index contributed by atoms with van der Waals surface area (Å²) in [6.45, 7) is 6.10. The summed E-state index contributed by atoms with van der Waals surface area (Å²) in [7, 11) is 0. The van der Waals surface area contributed by atoms with E-state index in [2.05, 4.69) is 18.8 Å². The maximum Gasteiger partial charge on any atom is 0.306 e. The quantitative estimate of drug-likeness (QED) is 0.405. The van der Waals surface area contributed by atoms with Gasteiger partial charge in [-0.1, -0.05) is 13.3 Å². The number of unbranched alkanes of at least 4 members (excludes halogenated alkanes) is 2. The van der Waals surface area contributed by atoms with Crippen LogP contribution in [0, 0.1) is 17.8 Å². The Morgan fingerprint density at radius 1 is 1.47 bits per heavy atom. The van der Waals surface area contributed by atoms with E-state index in [4.69, 9.17) is 4.74 Å². The molecule has 1 atom stereocenters. The van der Waals surface area contributed by atoms with Gasteiger partial charge in [-0.05, 0) is 20.3 Å². The summed E-state index contributed by atoms with van der Waals surface area (Å²) < 4.78 is 5.23. The fraction of sp³-hybridized carbons (Fsp3) is 0.769. The van der Waals surface area contributed by atoms with Crippen molar-refractivity contribution in [2.24, 2.45) is 5.92 Å². The van der Waals surface area contributed by atoms with E-state index < -0.39 is 0 Å². The molecule has 0 aromatic rings. The maximum absolute atomic E-state index is 11.1. The Labute approximate surface area is 92.4 Å². The lowest BCUT2D eigenvalue weighted by Crippen LogP contribution is -2.27. The van der Waals surface area contributed by atoms with Crippen LogP contribution < -0.4 is 0 Å². The summed E-state index contributed by atoms with van der Waals surface area (Å²) in [5, 5.41) is 0. The highest BCUT2D eigenvalue weighted by Crippen LogP contribution is 2.34. The van der Waals surface area contributed by atoms with Crippen molar-refractivity contribution >= 4 is 5.97 Å². The lowest BCUT2D eigenvalue weighted by molar-refractivity contribution is -0.146. The highest BCUT2D eigenvalue weighted by molar-refractivity contribution is 5.72. The molecule has 84 valence electrons. The molecular weight excluding hydrogens is 188 g/mol. The molecule has 1 rings (SSSR count). The number of esters is 1. The van der Waals surface area contributed by atoms with Crippen LogP contribution in [-0.4, -0.2) is 11.6 Å². The number of carbonyl (C=O) groups excluding carboxylic acids is 1. The highest BCUT2D eigenvalue weighted by atomic mass is 16.6. The molecule has 0 aliphatic carbocycles. The monoisotopic (exact) mass is 208 g/mol. The number of ether oxygens (including phenoxy) is 1. The van der Waals surface area contributed by atoms with Crippen LogP contribution in [0.2, 0.25) is 0 Å². The fourth-order valence-corrected chi connectivity index (χ4v) is 1.73. The van der Waals surface area contributed by atoms with Gasteiger partial charge in [0, 0.05) is 18.8 Å². The van der Waals surface area contributed by atoms with Gasteiger partial charge in [-0.25, -0.2) is 0 Å². The Kier molecular flexibility index (Phi) is 4.20. The van der Waals surface area contributed by atoms with E-state index >= 15 is 0 Å². The van der Waals surface area contributed by atoms with E-state index in [1.807, 2.05) is 13.8 Å². The van der Waals surface area contributed by atoms with Crippen LogP contribution in [0.1, 0.15) is 52.9 Å². The van der Waals surface area contributed by atoms with E-state index in [0.29, 0.717) is 6.42 Å². The van der Waals surface area contributed by atoms with Crippen molar-refractivity contribution in [1.29, 1.82) is 0 Å². The molecule has 0 N–H and O–H groups in total. The lowest BCUT2D eigenvalue weighted by atomic mass is 9.88. The molecule has 0 amide bonds. The molecule has 0 aromatic carbocycles. The largest absolute Gasteiger partial charge is 0.459 e. The minimum absolute atomic E-state index is 0.0830. The van der Waals surface area contributed by atoms with Crippen LogP contribution >= 0.6 is 0 Å². The third-order valence-corrected chi connectivity index (χ3v) is 2.90. The molecule has 1 fully saturated rings. The average Bonchev–Trinajstić information content (AvgIpc) is 2.39. The molecule has 2 nitrogen and oxygen atoms in total. The summed E-state index contributed by atoms with van der Waals surface area (Å²) in [6, 6.07) is 0. The predicted molar refractivity (Wildman–Crippen MR) is 60.2 cm³/mol. The van der Waals surface area contributed by atoms with Crippen LogP contribution in [0.4, 0.5) is 0 Å². The van der Waals surface area contributed by atoms with Crippen molar-refractivity contribution in [1.82, 2.24) is 0 Å². The standard InChI is InChI=1S/C13H20O2/c1-4-5-6-7-8-9-11-10-12(14)15-13(11,2)3/h11H,4-6,9-10H2,1-3H3. The Bertz CT molecular complexity index is 281. The first-order chi connectivity index (χ1) is 7.06. The first-order valence-electron chi connectivity index (χ1n) is 5.74. The van der Waals surface area contributed by atoms with Gasteiger partial charge in [-0.15, -0.1) is 11.8 Å². The SMILES string of the molecule is CCCCC#CCC1CC(=O)OC1(C)C. The van der Waals surface area contributed by atoms with Crippen molar-refractivity contribution < 1.29 is 9.53 Å². The van der Waals surface area contributed by atoms with Gasteiger partial charge in [0.15, 0.2) is 0 Å². The van der Waals surface area contributed by atoms with Gasteiger partial charge in [0.1, 0.15) is 5.60 Å². The molecule has 2 heteroatoms. The minimum atomic E-state index is -0.323. The molecule has 1 aliphatic heterocycles. The molecule has 0 aromatic heterocycles. The lowest BCUT2D eigenvalue weighted by Gasteiger charge is -2.22. The van der Waals surface area contributed by atoms with Crippen molar-refractivity contribution in [3.8, 4) is 11.8 Å². The van der Waals surface area contributed by atoms with Crippen LogP contribution in [0.25, 0.3) is 0 Å². The van der Waals surface area contributed by atoms with E-state index in [1.165, 1.54) is 6.42 Å². The predicted octanol–water partition coefficient (Wildman–Crippen LogP) is 2.91. The number of hydrogen-bond donors (Lipinski definition) is 0.